The van der Waals surface area contributed by atoms with E-state index >= 15 is 0 Å². The highest BCUT2D eigenvalue weighted by Gasteiger charge is 2.09. The van der Waals surface area contributed by atoms with Gasteiger partial charge < -0.3 is 5.32 Å². The van der Waals surface area contributed by atoms with Gasteiger partial charge in [0.05, 0.1) is 29.0 Å². The lowest BCUT2D eigenvalue weighted by Gasteiger charge is -2.06. The second-order valence-corrected chi connectivity index (χ2v) is 6.11. The van der Waals surface area contributed by atoms with Crippen molar-refractivity contribution in [1.82, 2.24) is 20.3 Å². The number of amides is 1. The van der Waals surface area contributed by atoms with Gasteiger partial charge in [0, 0.05) is 16.6 Å². The van der Waals surface area contributed by atoms with Crippen LogP contribution in [0.1, 0.15) is 32.4 Å². The molecule has 0 saturated heterocycles. The Kier molecular flexibility index (Phi) is 3.85. The lowest BCUT2D eigenvalue weighted by Crippen LogP contribution is -2.22. The highest BCUT2D eigenvalue weighted by Crippen LogP contribution is 2.15. The van der Waals surface area contributed by atoms with E-state index in [4.69, 9.17) is 0 Å². The molecule has 6 heteroatoms. The number of hydrogen-bond acceptors (Lipinski definition) is 5. The van der Waals surface area contributed by atoms with E-state index in [0.29, 0.717) is 12.1 Å². The highest BCUT2D eigenvalue weighted by molar-refractivity contribution is 7.09. The summed E-state index contributed by atoms with van der Waals surface area (Å²) in [5, 5.41) is 5.75. The number of aryl methyl sites for hydroxylation is 3. The minimum Gasteiger partial charge on any atom is -0.346 e. The number of benzene rings is 1. The molecule has 0 radical (unpaired) electrons. The summed E-state index contributed by atoms with van der Waals surface area (Å²) in [4.78, 5) is 25.5. The molecule has 0 spiro atoms. The zero-order valence-electron chi connectivity index (χ0n) is 12.7. The Bertz CT molecular complexity index is 856. The molecular weight excluding hydrogens is 296 g/mol. The van der Waals surface area contributed by atoms with Gasteiger partial charge in [0.25, 0.3) is 5.91 Å². The SMILES string of the molecule is Cc1csc(CNC(=O)c2ccc3nc(C)c(C)nc3c2)n1. The predicted octanol–water partition coefficient (Wildman–Crippen LogP) is 2.94. The van der Waals surface area contributed by atoms with Crippen molar-refractivity contribution in [3.63, 3.8) is 0 Å². The van der Waals surface area contributed by atoms with Crippen LogP contribution >= 0.6 is 11.3 Å². The fourth-order valence-electron chi connectivity index (χ4n) is 2.11. The van der Waals surface area contributed by atoms with Crippen molar-refractivity contribution in [2.75, 3.05) is 0 Å². The molecule has 22 heavy (non-hydrogen) atoms. The minimum atomic E-state index is -0.130. The molecule has 0 aliphatic heterocycles. The Morgan fingerprint density at radius 1 is 1.09 bits per heavy atom. The first-order valence-electron chi connectivity index (χ1n) is 6.97. The first kappa shape index (κ1) is 14.6. The average molecular weight is 312 g/mol. The van der Waals surface area contributed by atoms with Crippen molar-refractivity contribution in [3.8, 4) is 0 Å². The Balaban J connectivity index is 1.80. The van der Waals surface area contributed by atoms with E-state index in [-0.39, 0.29) is 5.91 Å². The third-order valence-electron chi connectivity index (χ3n) is 3.40. The summed E-state index contributed by atoms with van der Waals surface area (Å²) in [6, 6.07) is 5.38. The van der Waals surface area contributed by atoms with Crippen molar-refractivity contribution in [3.05, 3.63) is 51.2 Å². The number of rotatable bonds is 3. The maximum atomic E-state index is 12.2. The second kappa shape index (κ2) is 5.81. The van der Waals surface area contributed by atoms with Gasteiger partial charge in [0.1, 0.15) is 5.01 Å². The van der Waals surface area contributed by atoms with E-state index in [2.05, 4.69) is 20.3 Å². The number of carbonyl (C=O) groups is 1. The summed E-state index contributed by atoms with van der Waals surface area (Å²) in [7, 11) is 0. The molecule has 0 fully saturated rings. The fraction of sp³-hybridized carbons (Fsp3) is 0.250. The molecule has 3 aromatic rings. The van der Waals surface area contributed by atoms with Gasteiger partial charge in [-0.3, -0.25) is 4.79 Å². The Hall–Kier alpha value is -2.34. The van der Waals surface area contributed by atoms with Gasteiger partial charge in [-0.1, -0.05) is 0 Å². The number of carbonyl (C=O) groups excluding carboxylic acids is 1. The predicted molar refractivity (Wildman–Crippen MR) is 87.0 cm³/mol. The van der Waals surface area contributed by atoms with Gasteiger partial charge >= 0.3 is 0 Å². The summed E-state index contributed by atoms with van der Waals surface area (Å²) in [5.41, 5.74) is 4.88. The monoisotopic (exact) mass is 312 g/mol. The van der Waals surface area contributed by atoms with Crippen LogP contribution in [0.25, 0.3) is 11.0 Å². The average Bonchev–Trinajstić information content (AvgIpc) is 2.91. The largest absolute Gasteiger partial charge is 0.346 e. The quantitative estimate of drug-likeness (QED) is 0.807. The lowest BCUT2D eigenvalue weighted by atomic mass is 10.1. The topological polar surface area (TPSA) is 67.8 Å². The van der Waals surface area contributed by atoms with Crippen LogP contribution in [0.3, 0.4) is 0 Å². The molecular formula is C16H16N4OS. The Morgan fingerprint density at radius 3 is 2.50 bits per heavy atom. The first-order chi connectivity index (χ1) is 10.5. The third kappa shape index (κ3) is 2.96. The van der Waals surface area contributed by atoms with Crippen LogP contribution in [0, 0.1) is 20.8 Å². The normalized spacial score (nSPS) is 10.9. The maximum absolute atomic E-state index is 12.2. The van der Waals surface area contributed by atoms with Gasteiger partial charge in [0.15, 0.2) is 0 Å². The van der Waals surface area contributed by atoms with Gasteiger partial charge in [-0.25, -0.2) is 15.0 Å². The number of nitrogens with one attached hydrogen (secondary N) is 1. The number of aromatic nitrogens is 3. The molecule has 1 amide bonds. The van der Waals surface area contributed by atoms with Crippen LogP contribution in [0.5, 0.6) is 0 Å². The molecule has 0 saturated carbocycles. The number of thiazole rings is 1. The Labute approximate surface area is 132 Å². The standard InChI is InChI=1S/C16H16N4OS/c1-9-8-22-15(18-9)7-17-16(21)12-4-5-13-14(6-12)20-11(3)10(2)19-13/h4-6,8H,7H2,1-3H3,(H,17,21). The van der Waals surface area contributed by atoms with Gasteiger partial charge in [-0.15, -0.1) is 11.3 Å². The first-order valence-corrected chi connectivity index (χ1v) is 7.85. The van der Waals surface area contributed by atoms with E-state index in [0.717, 1.165) is 33.1 Å². The summed E-state index contributed by atoms with van der Waals surface area (Å²) in [6.07, 6.45) is 0. The van der Waals surface area contributed by atoms with Crippen molar-refractivity contribution < 1.29 is 4.79 Å². The van der Waals surface area contributed by atoms with Gasteiger partial charge in [0.2, 0.25) is 0 Å². The van der Waals surface area contributed by atoms with Crippen LogP contribution in [0.4, 0.5) is 0 Å². The molecule has 0 aliphatic carbocycles. The van der Waals surface area contributed by atoms with E-state index < -0.39 is 0 Å². The van der Waals surface area contributed by atoms with E-state index in [1.54, 1.807) is 23.5 Å². The van der Waals surface area contributed by atoms with Crippen molar-refractivity contribution in [2.24, 2.45) is 0 Å². The van der Waals surface area contributed by atoms with Crippen molar-refractivity contribution >= 4 is 28.3 Å². The molecule has 5 nitrogen and oxygen atoms in total. The molecule has 0 unspecified atom stereocenters. The smallest absolute Gasteiger partial charge is 0.251 e. The zero-order chi connectivity index (χ0) is 15.7. The molecule has 2 heterocycles. The highest BCUT2D eigenvalue weighted by atomic mass is 32.1. The second-order valence-electron chi connectivity index (χ2n) is 5.16. The lowest BCUT2D eigenvalue weighted by molar-refractivity contribution is 0.0951. The molecule has 1 aromatic carbocycles. The van der Waals surface area contributed by atoms with Crippen LogP contribution < -0.4 is 5.32 Å². The molecule has 3 rings (SSSR count). The number of nitrogens with zero attached hydrogens (tertiary/aromatic N) is 3. The van der Waals surface area contributed by atoms with Crippen LogP contribution in [0.15, 0.2) is 23.6 Å². The third-order valence-corrected chi connectivity index (χ3v) is 4.37. The van der Waals surface area contributed by atoms with Gasteiger partial charge in [-0.05, 0) is 39.0 Å². The summed E-state index contributed by atoms with van der Waals surface area (Å²) < 4.78 is 0. The van der Waals surface area contributed by atoms with Gasteiger partial charge in [-0.2, -0.15) is 0 Å². The molecule has 0 atom stereocenters. The summed E-state index contributed by atoms with van der Waals surface area (Å²) in [5.74, 6) is -0.130. The fourth-order valence-corrected chi connectivity index (χ4v) is 2.83. The van der Waals surface area contributed by atoms with Crippen LogP contribution in [-0.4, -0.2) is 20.9 Å². The summed E-state index contributed by atoms with van der Waals surface area (Å²) >= 11 is 1.54. The molecule has 1 N–H and O–H groups in total. The molecule has 0 aliphatic rings. The number of hydrogen-bond donors (Lipinski definition) is 1. The molecule has 112 valence electrons. The minimum absolute atomic E-state index is 0.130. The number of fused-ring (bicyclic) bond motifs is 1. The molecule has 2 aromatic heterocycles. The zero-order valence-corrected chi connectivity index (χ0v) is 13.5. The van der Waals surface area contributed by atoms with E-state index in [1.807, 2.05) is 32.2 Å². The van der Waals surface area contributed by atoms with E-state index in [9.17, 15) is 4.79 Å². The Morgan fingerprint density at radius 2 is 1.82 bits per heavy atom. The van der Waals surface area contributed by atoms with Crippen molar-refractivity contribution in [1.29, 1.82) is 0 Å². The van der Waals surface area contributed by atoms with Crippen molar-refractivity contribution in [2.45, 2.75) is 27.3 Å². The summed E-state index contributed by atoms with van der Waals surface area (Å²) in [6.45, 7) is 6.22. The maximum Gasteiger partial charge on any atom is 0.251 e. The van der Waals surface area contributed by atoms with E-state index in [1.165, 1.54) is 0 Å². The molecule has 0 bridgehead atoms. The van der Waals surface area contributed by atoms with Crippen LogP contribution in [-0.2, 0) is 6.54 Å². The van der Waals surface area contributed by atoms with Crippen LogP contribution in [0.2, 0.25) is 0 Å².